The summed E-state index contributed by atoms with van der Waals surface area (Å²) in [4.78, 5) is 10.8. The number of hydrogen-bond acceptors (Lipinski definition) is 6. The standard InChI is InChI=1S/C16H20ClN5O/c1-10(2)16-19-14(8-15(20-16)22(3)4)21-18-9-11-7-12(17)5-6-13(11)23/h5-10,23H,1-4H3,(H,19,20,21)/b18-9+. The number of nitrogens with one attached hydrogen (secondary N) is 1. The molecule has 0 spiro atoms. The first-order valence-corrected chi connectivity index (χ1v) is 7.58. The number of aromatic nitrogens is 2. The quantitative estimate of drug-likeness (QED) is 0.647. The van der Waals surface area contributed by atoms with Gasteiger partial charge in [-0.25, -0.2) is 9.97 Å². The maximum atomic E-state index is 9.76. The van der Waals surface area contributed by atoms with Crippen molar-refractivity contribution in [3.63, 3.8) is 0 Å². The van der Waals surface area contributed by atoms with E-state index in [9.17, 15) is 5.11 Å². The molecule has 2 N–H and O–H groups in total. The van der Waals surface area contributed by atoms with Gasteiger partial charge < -0.3 is 10.0 Å². The number of nitrogens with zero attached hydrogens (tertiary/aromatic N) is 4. The molecule has 2 aromatic rings. The summed E-state index contributed by atoms with van der Waals surface area (Å²) >= 11 is 5.90. The highest BCUT2D eigenvalue weighted by Gasteiger charge is 2.09. The summed E-state index contributed by atoms with van der Waals surface area (Å²) < 4.78 is 0. The monoisotopic (exact) mass is 333 g/mol. The molecule has 0 atom stereocenters. The normalized spacial score (nSPS) is 11.2. The highest BCUT2D eigenvalue weighted by molar-refractivity contribution is 6.30. The van der Waals surface area contributed by atoms with Crippen molar-refractivity contribution in [3.8, 4) is 5.75 Å². The van der Waals surface area contributed by atoms with E-state index < -0.39 is 0 Å². The smallest absolute Gasteiger partial charge is 0.152 e. The average molecular weight is 334 g/mol. The van der Waals surface area contributed by atoms with Gasteiger partial charge in [0.1, 0.15) is 17.4 Å². The molecule has 0 aliphatic rings. The molecule has 0 fully saturated rings. The maximum Gasteiger partial charge on any atom is 0.152 e. The number of anilines is 2. The van der Waals surface area contributed by atoms with Gasteiger partial charge in [0.2, 0.25) is 0 Å². The van der Waals surface area contributed by atoms with Gasteiger partial charge in [0.25, 0.3) is 0 Å². The van der Waals surface area contributed by atoms with Gasteiger partial charge in [-0.2, -0.15) is 5.10 Å². The lowest BCUT2D eigenvalue weighted by Crippen LogP contribution is -2.13. The Kier molecular flexibility index (Phi) is 5.39. The van der Waals surface area contributed by atoms with Crippen molar-refractivity contribution in [2.45, 2.75) is 19.8 Å². The Hall–Kier alpha value is -2.34. The Morgan fingerprint density at radius 2 is 2.00 bits per heavy atom. The second-order valence-corrected chi connectivity index (χ2v) is 6.03. The SMILES string of the molecule is CC(C)c1nc(N/N=C/c2cc(Cl)ccc2O)cc(N(C)C)n1. The van der Waals surface area contributed by atoms with Crippen LogP contribution in [-0.4, -0.2) is 35.4 Å². The summed E-state index contributed by atoms with van der Waals surface area (Å²) in [6.45, 7) is 4.07. The molecule has 0 aliphatic heterocycles. The Balaban J connectivity index is 2.22. The highest BCUT2D eigenvalue weighted by Crippen LogP contribution is 2.21. The molecule has 1 heterocycles. The third kappa shape index (κ3) is 4.56. The fourth-order valence-electron chi connectivity index (χ4n) is 1.79. The van der Waals surface area contributed by atoms with Crippen molar-refractivity contribution in [3.05, 3.63) is 40.7 Å². The zero-order valence-corrected chi connectivity index (χ0v) is 14.3. The van der Waals surface area contributed by atoms with E-state index in [-0.39, 0.29) is 11.7 Å². The summed E-state index contributed by atoms with van der Waals surface area (Å²) in [5, 5.41) is 14.4. The summed E-state index contributed by atoms with van der Waals surface area (Å²) in [7, 11) is 3.84. The average Bonchev–Trinajstić information content (AvgIpc) is 2.50. The zero-order valence-electron chi connectivity index (χ0n) is 13.6. The van der Waals surface area contributed by atoms with Gasteiger partial charge in [-0.15, -0.1) is 0 Å². The van der Waals surface area contributed by atoms with Gasteiger partial charge >= 0.3 is 0 Å². The summed E-state index contributed by atoms with van der Waals surface area (Å²) in [6, 6.07) is 6.58. The molecule has 0 bridgehead atoms. The van der Waals surface area contributed by atoms with E-state index >= 15 is 0 Å². The molecule has 1 aromatic heterocycles. The van der Waals surface area contributed by atoms with Gasteiger partial charge in [-0.3, -0.25) is 5.43 Å². The van der Waals surface area contributed by atoms with Crippen LogP contribution in [0.5, 0.6) is 5.75 Å². The van der Waals surface area contributed by atoms with Crippen LogP contribution in [0.4, 0.5) is 11.6 Å². The Morgan fingerprint density at radius 3 is 2.65 bits per heavy atom. The molecule has 0 radical (unpaired) electrons. The van der Waals surface area contributed by atoms with Gasteiger partial charge in [-0.05, 0) is 18.2 Å². The predicted octanol–water partition coefficient (Wildman–Crippen LogP) is 3.47. The van der Waals surface area contributed by atoms with Crippen LogP contribution in [0.3, 0.4) is 0 Å². The Labute approximate surface area is 140 Å². The first kappa shape index (κ1) is 17.0. The summed E-state index contributed by atoms with van der Waals surface area (Å²) in [6.07, 6.45) is 1.49. The Bertz CT molecular complexity index is 689. The lowest BCUT2D eigenvalue weighted by atomic mass is 10.2. The van der Waals surface area contributed by atoms with E-state index in [1.165, 1.54) is 12.3 Å². The van der Waals surface area contributed by atoms with Gasteiger partial charge in [-0.1, -0.05) is 25.4 Å². The second kappa shape index (κ2) is 7.28. The molecule has 23 heavy (non-hydrogen) atoms. The van der Waals surface area contributed by atoms with Crippen LogP contribution in [-0.2, 0) is 0 Å². The molecule has 6 nitrogen and oxygen atoms in total. The third-order valence-corrected chi connectivity index (χ3v) is 3.31. The molecule has 122 valence electrons. The number of phenols is 1. The molecule has 0 aliphatic carbocycles. The minimum absolute atomic E-state index is 0.111. The highest BCUT2D eigenvalue weighted by atomic mass is 35.5. The van der Waals surface area contributed by atoms with Crippen LogP contribution in [0.15, 0.2) is 29.4 Å². The minimum Gasteiger partial charge on any atom is -0.507 e. The van der Waals surface area contributed by atoms with E-state index in [1.807, 2.05) is 32.8 Å². The molecule has 0 saturated carbocycles. The van der Waals surface area contributed by atoms with Crippen LogP contribution in [0.1, 0.15) is 31.2 Å². The maximum absolute atomic E-state index is 9.76. The fraction of sp³-hybridized carbons (Fsp3) is 0.312. The molecule has 0 amide bonds. The number of hydrazone groups is 1. The van der Waals surface area contributed by atoms with E-state index in [0.29, 0.717) is 16.4 Å². The van der Waals surface area contributed by atoms with Crippen molar-refractivity contribution in [2.75, 3.05) is 24.4 Å². The van der Waals surface area contributed by atoms with Gasteiger partial charge in [0.05, 0.1) is 6.21 Å². The van der Waals surface area contributed by atoms with Crippen LogP contribution in [0, 0.1) is 0 Å². The van der Waals surface area contributed by atoms with Crippen molar-refractivity contribution in [1.29, 1.82) is 0 Å². The molecule has 1 aromatic carbocycles. The number of aromatic hydroxyl groups is 1. The molecule has 7 heteroatoms. The summed E-state index contributed by atoms with van der Waals surface area (Å²) in [5.74, 6) is 2.44. The van der Waals surface area contributed by atoms with Crippen LogP contribution < -0.4 is 10.3 Å². The fourth-order valence-corrected chi connectivity index (χ4v) is 1.97. The third-order valence-electron chi connectivity index (χ3n) is 3.08. The number of hydrogen-bond donors (Lipinski definition) is 2. The molecule has 2 rings (SSSR count). The van der Waals surface area contributed by atoms with E-state index in [4.69, 9.17) is 11.6 Å². The number of rotatable bonds is 5. The van der Waals surface area contributed by atoms with Crippen LogP contribution in [0.25, 0.3) is 0 Å². The lowest BCUT2D eigenvalue weighted by Gasteiger charge is -2.15. The first-order valence-electron chi connectivity index (χ1n) is 7.20. The van der Waals surface area contributed by atoms with Gasteiger partial charge in [0, 0.05) is 36.7 Å². The Morgan fingerprint density at radius 1 is 1.26 bits per heavy atom. The van der Waals surface area contributed by atoms with E-state index in [1.54, 1.807) is 18.2 Å². The first-order chi connectivity index (χ1) is 10.9. The number of phenolic OH excluding ortho intramolecular Hbond substituents is 1. The molecular formula is C16H20ClN5O. The second-order valence-electron chi connectivity index (χ2n) is 5.59. The zero-order chi connectivity index (χ0) is 17.0. The number of benzene rings is 1. The number of halogens is 1. The topological polar surface area (TPSA) is 73.6 Å². The predicted molar refractivity (Wildman–Crippen MR) is 94.8 cm³/mol. The van der Waals surface area contributed by atoms with Crippen LogP contribution in [0.2, 0.25) is 5.02 Å². The van der Waals surface area contributed by atoms with Crippen molar-refractivity contribution >= 4 is 29.5 Å². The molecular weight excluding hydrogens is 314 g/mol. The molecule has 0 saturated heterocycles. The lowest BCUT2D eigenvalue weighted by molar-refractivity contribution is 0.474. The minimum atomic E-state index is 0.111. The van der Waals surface area contributed by atoms with Crippen molar-refractivity contribution in [1.82, 2.24) is 9.97 Å². The van der Waals surface area contributed by atoms with E-state index in [2.05, 4.69) is 20.5 Å². The van der Waals surface area contributed by atoms with E-state index in [0.717, 1.165) is 11.6 Å². The molecule has 0 unspecified atom stereocenters. The van der Waals surface area contributed by atoms with Crippen molar-refractivity contribution < 1.29 is 5.11 Å². The van der Waals surface area contributed by atoms with Crippen molar-refractivity contribution in [2.24, 2.45) is 5.10 Å². The van der Waals surface area contributed by atoms with Crippen LogP contribution >= 0.6 is 11.6 Å². The largest absolute Gasteiger partial charge is 0.507 e. The summed E-state index contributed by atoms with van der Waals surface area (Å²) in [5.41, 5.74) is 3.39. The van der Waals surface area contributed by atoms with Gasteiger partial charge in [0.15, 0.2) is 5.82 Å².